The second-order valence-electron chi connectivity index (χ2n) is 5.12. The SMILES string of the molecule is COc1ccc(C(=O)N/N=C\c2cc(Cl)c(O)c3ncccc23)cc1. The lowest BCUT2D eigenvalue weighted by atomic mass is 10.1. The van der Waals surface area contributed by atoms with Crippen LogP contribution in [0.25, 0.3) is 10.9 Å². The molecule has 2 N–H and O–H groups in total. The molecule has 0 fully saturated rings. The Hall–Kier alpha value is -3.12. The van der Waals surface area contributed by atoms with Crippen LogP contribution in [0.2, 0.25) is 5.02 Å². The van der Waals surface area contributed by atoms with Crippen molar-refractivity contribution in [3.63, 3.8) is 0 Å². The van der Waals surface area contributed by atoms with Crippen molar-refractivity contribution >= 4 is 34.6 Å². The monoisotopic (exact) mass is 355 g/mol. The predicted octanol–water partition coefficient (Wildman–Crippen LogP) is 3.37. The maximum absolute atomic E-state index is 12.1. The van der Waals surface area contributed by atoms with E-state index in [1.165, 1.54) is 6.21 Å². The Morgan fingerprint density at radius 3 is 2.80 bits per heavy atom. The molecule has 7 heteroatoms. The number of rotatable bonds is 4. The summed E-state index contributed by atoms with van der Waals surface area (Å²) in [6, 6.07) is 11.7. The lowest BCUT2D eigenvalue weighted by Gasteiger charge is -2.06. The first kappa shape index (κ1) is 16.7. The Labute approximate surface area is 148 Å². The van der Waals surface area contributed by atoms with E-state index < -0.39 is 0 Å². The van der Waals surface area contributed by atoms with Gasteiger partial charge in [0.2, 0.25) is 0 Å². The van der Waals surface area contributed by atoms with E-state index in [0.717, 1.165) is 0 Å². The molecular formula is C18H14ClN3O3. The number of halogens is 1. The number of nitrogens with one attached hydrogen (secondary N) is 1. The molecule has 1 aromatic heterocycles. The molecule has 0 spiro atoms. The summed E-state index contributed by atoms with van der Waals surface area (Å²) in [6.07, 6.45) is 3.02. The zero-order valence-corrected chi connectivity index (χ0v) is 14.0. The number of hydrogen-bond donors (Lipinski definition) is 2. The highest BCUT2D eigenvalue weighted by molar-refractivity contribution is 6.33. The van der Waals surface area contributed by atoms with Gasteiger partial charge in [-0.15, -0.1) is 0 Å². The van der Waals surface area contributed by atoms with Crippen molar-refractivity contribution in [2.45, 2.75) is 0 Å². The number of hydrogen-bond acceptors (Lipinski definition) is 5. The van der Waals surface area contributed by atoms with Gasteiger partial charge in [0.25, 0.3) is 5.91 Å². The average Bonchev–Trinajstić information content (AvgIpc) is 2.65. The van der Waals surface area contributed by atoms with Crippen LogP contribution in [-0.4, -0.2) is 29.3 Å². The van der Waals surface area contributed by atoms with Crippen LogP contribution in [0, 0.1) is 0 Å². The first-order chi connectivity index (χ1) is 12.1. The van der Waals surface area contributed by atoms with Crippen molar-refractivity contribution in [1.29, 1.82) is 0 Å². The van der Waals surface area contributed by atoms with E-state index in [-0.39, 0.29) is 16.7 Å². The number of hydrazone groups is 1. The molecule has 3 rings (SSSR count). The number of aromatic hydroxyl groups is 1. The van der Waals surface area contributed by atoms with Crippen LogP contribution in [0.5, 0.6) is 11.5 Å². The Morgan fingerprint density at radius 2 is 2.08 bits per heavy atom. The van der Waals surface area contributed by atoms with E-state index in [9.17, 15) is 9.90 Å². The summed E-state index contributed by atoms with van der Waals surface area (Å²) in [5.41, 5.74) is 3.90. The smallest absolute Gasteiger partial charge is 0.271 e. The topological polar surface area (TPSA) is 83.8 Å². The number of aromatic nitrogens is 1. The number of phenolic OH excluding ortho intramolecular Hbond substituents is 1. The number of carbonyl (C=O) groups excluding carboxylic acids is 1. The largest absolute Gasteiger partial charge is 0.504 e. The van der Waals surface area contributed by atoms with Gasteiger partial charge in [0, 0.05) is 22.7 Å². The minimum absolute atomic E-state index is 0.0864. The second-order valence-corrected chi connectivity index (χ2v) is 5.53. The first-order valence-corrected chi connectivity index (χ1v) is 7.71. The number of benzene rings is 2. The van der Waals surface area contributed by atoms with Crippen LogP contribution < -0.4 is 10.2 Å². The van der Waals surface area contributed by atoms with Crippen molar-refractivity contribution in [1.82, 2.24) is 10.4 Å². The van der Waals surface area contributed by atoms with Crippen molar-refractivity contribution in [2.24, 2.45) is 5.10 Å². The molecular weight excluding hydrogens is 342 g/mol. The molecule has 0 unspecified atom stereocenters. The molecule has 2 aromatic carbocycles. The van der Waals surface area contributed by atoms with Crippen LogP contribution in [0.15, 0.2) is 53.8 Å². The fourth-order valence-corrected chi connectivity index (χ4v) is 2.50. The zero-order chi connectivity index (χ0) is 17.8. The van der Waals surface area contributed by atoms with E-state index >= 15 is 0 Å². The highest BCUT2D eigenvalue weighted by atomic mass is 35.5. The quantitative estimate of drug-likeness (QED) is 0.555. The number of nitrogens with zero attached hydrogens (tertiary/aromatic N) is 2. The number of fused-ring (bicyclic) bond motifs is 1. The number of methoxy groups -OCH3 is 1. The van der Waals surface area contributed by atoms with Gasteiger partial charge in [-0.1, -0.05) is 17.7 Å². The van der Waals surface area contributed by atoms with Gasteiger partial charge >= 0.3 is 0 Å². The first-order valence-electron chi connectivity index (χ1n) is 7.34. The molecule has 0 aliphatic heterocycles. The molecule has 0 aliphatic carbocycles. The number of ether oxygens (including phenoxy) is 1. The van der Waals surface area contributed by atoms with Crippen LogP contribution >= 0.6 is 11.6 Å². The standard InChI is InChI=1S/C18H14ClN3O3/c1-25-13-6-4-11(5-7-13)18(24)22-21-10-12-9-15(19)17(23)16-14(12)3-2-8-20-16/h2-10,23H,1H3,(H,22,24)/b21-10-. The van der Waals surface area contributed by atoms with E-state index in [1.807, 2.05) is 0 Å². The summed E-state index contributed by atoms with van der Waals surface area (Å²) in [7, 11) is 1.56. The van der Waals surface area contributed by atoms with Gasteiger partial charge < -0.3 is 9.84 Å². The Bertz CT molecular complexity index is 956. The fourth-order valence-electron chi connectivity index (χ4n) is 2.30. The normalized spacial score (nSPS) is 11.0. The number of carbonyl (C=O) groups is 1. The number of amides is 1. The minimum Gasteiger partial charge on any atom is -0.504 e. The molecule has 0 saturated heterocycles. The molecule has 0 aliphatic rings. The summed E-state index contributed by atoms with van der Waals surface area (Å²) in [5.74, 6) is 0.223. The van der Waals surface area contributed by atoms with Crippen molar-refractivity contribution < 1.29 is 14.6 Å². The molecule has 0 saturated carbocycles. The van der Waals surface area contributed by atoms with Crippen molar-refractivity contribution in [3.05, 3.63) is 64.8 Å². The van der Waals surface area contributed by atoms with E-state index in [2.05, 4.69) is 15.5 Å². The third-order valence-corrected chi connectivity index (χ3v) is 3.86. The Balaban J connectivity index is 1.81. The van der Waals surface area contributed by atoms with Gasteiger partial charge in [0.1, 0.15) is 11.3 Å². The van der Waals surface area contributed by atoms with Crippen LogP contribution in [0.1, 0.15) is 15.9 Å². The van der Waals surface area contributed by atoms with Gasteiger partial charge in [-0.3, -0.25) is 9.78 Å². The van der Waals surface area contributed by atoms with Crippen LogP contribution in [0.3, 0.4) is 0 Å². The lowest BCUT2D eigenvalue weighted by molar-refractivity contribution is 0.0955. The van der Waals surface area contributed by atoms with Crippen molar-refractivity contribution in [3.8, 4) is 11.5 Å². The molecule has 126 valence electrons. The van der Waals surface area contributed by atoms with Crippen molar-refractivity contribution in [2.75, 3.05) is 7.11 Å². The summed E-state index contributed by atoms with van der Waals surface area (Å²) in [5, 5.41) is 14.8. The van der Waals surface area contributed by atoms with Crippen LogP contribution in [-0.2, 0) is 0 Å². The van der Waals surface area contributed by atoms with Crippen LogP contribution in [0.4, 0.5) is 0 Å². The molecule has 6 nitrogen and oxygen atoms in total. The average molecular weight is 356 g/mol. The third kappa shape index (κ3) is 3.54. The number of pyridine rings is 1. The summed E-state index contributed by atoms with van der Waals surface area (Å²) in [4.78, 5) is 16.2. The highest BCUT2D eigenvalue weighted by Crippen LogP contribution is 2.32. The van der Waals surface area contributed by atoms with E-state index in [4.69, 9.17) is 16.3 Å². The van der Waals surface area contributed by atoms with E-state index in [0.29, 0.717) is 27.8 Å². The minimum atomic E-state index is -0.355. The Morgan fingerprint density at radius 1 is 1.32 bits per heavy atom. The van der Waals surface area contributed by atoms with Gasteiger partial charge in [-0.2, -0.15) is 5.10 Å². The zero-order valence-electron chi connectivity index (χ0n) is 13.2. The fraction of sp³-hybridized carbons (Fsp3) is 0.0556. The van der Waals surface area contributed by atoms with E-state index in [1.54, 1.807) is 55.8 Å². The second kappa shape index (κ2) is 7.19. The third-order valence-electron chi connectivity index (χ3n) is 3.57. The number of phenols is 1. The molecule has 3 aromatic rings. The molecule has 0 atom stereocenters. The van der Waals surface area contributed by atoms with Gasteiger partial charge in [0.05, 0.1) is 18.3 Å². The summed E-state index contributed by atoms with van der Waals surface area (Å²) in [6.45, 7) is 0. The van der Waals surface area contributed by atoms with Gasteiger partial charge in [0.15, 0.2) is 5.75 Å². The molecule has 1 amide bonds. The maximum atomic E-state index is 12.1. The predicted molar refractivity (Wildman–Crippen MR) is 96.5 cm³/mol. The molecule has 0 bridgehead atoms. The lowest BCUT2D eigenvalue weighted by Crippen LogP contribution is -2.17. The van der Waals surface area contributed by atoms with Gasteiger partial charge in [-0.25, -0.2) is 5.43 Å². The summed E-state index contributed by atoms with van der Waals surface area (Å²) < 4.78 is 5.05. The summed E-state index contributed by atoms with van der Waals surface area (Å²) >= 11 is 6.01. The Kier molecular flexibility index (Phi) is 4.81. The molecule has 0 radical (unpaired) electrons. The molecule has 25 heavy (non-hydrogen) atoms. The highest BCUT2D eigenvalue weighted by Gasteiger charge is 2.10. The molecule has 1 heterocycles. The van der Waals surface area contributed by atoms with Gasteiger partial charge in [-0.05, 0) is 36.4 Å². The maximum Gasteiger partial charge on any atom is 0.271 e.